The van der Waals surface area contributed by atoms with Gasteiger partial charge >= 0.3 is 5.97 Å². The number of hydrogen-bond acceptors (Lipinski definition) is 4. The number of rotatable bonds is 3. The summed E-state index contributed by atoms with van der Waals surface area (Å²) in [6, 6.07) is 0. The summed E-state index contributed by atoms with van der Waals surface area (Å²) < 4.78 is 1.45. The molecule has 6 nitrogen and oxygen atoms in total. The van der Waals surface area contributed by atoms with E-state index in [4.69, 9.17) is 10.8 Å². The van der Waals surface area contributed by atoms with Crippen molar-refractivity contribution in [1.29, 1.82) is 0 Å². The highest BCUT2D eigenvalue weighted by atomic mass is 16.4. The van der Waals surface area contributed by atoms with Crippen LogP contribution in [0, 0.1) is 6.92 Å². The first-order chi connectivity index (χ1) is 6.06. The number of carboxylic acid groups (broad SMARTS) is 1. The summed E-state index contributed by atoms with van der Waals surface area (Å²) in [4.78, 5) is 14.7. The van der Waals surface area contributed by atoms with Gasteiger partial charge in [-0.15, -0.1) is 0 Å². The first-order valence-corrected chi connectivity index (χ1v) is 3.86. The van der Waals surface area contributed by atoms with E-state index in [-0.39, 0.29) is 6.54 Å². The second-order valence-corrected chi connectivity index (χ2v) is 2.77. The van der Waals surface area contributed by atoms with E-state index in [9.17, 15) is 4.79 Å². The van der Waals surface area contributed by atoms with Crippen LogP contribution < -0.4 is 5.73 Å². The molecule has 0 fully saturated rings. The van der Waals surface area contributed by atoms with Crippen LogP contribution in [-0.2, 0) is 11.8 Å². The summed E-state index contributed by atoms with van der Waals surface area (Å²) in [7, 11) is 1.65. The first-order valence-electron chi connectivity index (χ1n) is 3.86. The van der Waals surface area contributed by atoms with E-state index in [1.165, 1.54) is 4.68 Å². The number of aryl methyl sites for hydroxylation is 2. The fourth-order valence-corrected chi connectivity index (χ4v) is 1.15. The lowest BCUT2D eigenvalue weighted by atomic mass is 10.1. The van der Waals surface area contributed by atoms with Crippen LogP contribution in [0.25, 0.3) is 0 Å². The van der Waals surface area contributed by atoms with Gasteiger partial charge in [0.25, 0.3) is 0 Å². The van der Waals surface area contributed by atoms with E-state index in [1.54, 1.807) is 14.0 Å². The van der Waals surface area contributed by atoms with Crippen LogP contribution in [0.1, 0.15) is 17.6 Å². The fourth-order valence-electron chi connectivity index (χ4n) is 1.15. The second kappa shape index (κ2) is 3.53. The average Bonchev–Trinajstić information content (AvgIpc) is 2.31. The van der Waals surface area contributed by atoms with Gasteiger partial charge in [-0.05, 0) is 6.92 Å². The maximum Gasteiger partial charge on any atom is 0.315 e. The molecule has 0 aliphatic carbocycles. The van der Waals surface area contributed by atoms with Crippen LogP contribution in [0.2, 0.25) is 0 Å². The minimum atomic E-state index is -0.974. The number of aliphatic carboxylic acids is 1. The summed E-state index contributed by atoms with van der Waals surface area (Å²) >= 11 is 0. The van der Waals surface area contributed by atoms with E-state index < -0.39 is 11.9 Å². The number of hydrogen-bond donors (Lipinski definition) is 2. The molecule has 1 heterocycles. The molecule has 6 heteroatoms. The summed E-state index contributed by atoms with van der Waals surface area (Å²) in [5.74, 6) is -0.797. The standard InChI is InChI=1S/C7H12N4O2/c1-4-9-6(11(2)10-4)5(3-8)7(12)13/h5H,3,8H2,1-2H3,(H,12,13). The Hall–Kier alpha value is -1.43. The number of aromatic nitrogens is 3. The highest BCUT2D eigenvalue weighted by molar-refractivity contribution is 5.75. The van der Waals surface area contributed by atoms with E-state index in [2.05, 4.69) is 10.1 Å². The molecule has 1 atom stereocenters. The van der Waals surface area contributed by atoms with Crippen molar-refractivity contribution in [1.82, 2.24) is 14.8 Å². The topological polar surface area (TPSA) is 94.0 Å². The molecule has 0 spiro atoms. The molecule has 0 amide bonds. The van der Waals surface area contributed by atoms with Crippen LogP contribution in [0.4, 0.5) is 0 Å². The molecule has 72 valence electrons. The zero-order valence-electron chi connectivity index (χ0n) is 7.56. The Bertz CT molecular complexity index is 320. The highest BCUT2D eigenvalue weighted by Gasteiger charge is 2.23. The average molecular weight is 184 g/mol. The SMILES string of the molecule is Cc1nc(C(CN)C(=O)O)n(C)n1. The van der Waals surface area contributed by atoms with E-state index in [0.717, 1.165) is 0 Å². The van der Waals surface area contributed by atoms with Crippen LogP contribution in [-0.4, -0.2) is 32.4 Å². The Labute approximate surface area is 75.4 Å². The third kappa shape index (κ3) is 1.83. The molecule has 0 radical (unpaired) electrons. The summed E-state index contributed by atoms with van der Waals surface area (Å²) in [5.41, 5.74) is 5.32. The van der Waals surface area contributed by atoms with Crippen molar-refractivity contribution >= 4 is 5.97 Å². The maximum atomic E-state index is 10.7. The van der Waals surface area contributed by atoms with Crippen molar-refractivity contribution in [2.75, 3.05) is 6.54 Å². The summed E-state index contributed by atoms with van der Waals surface area (Å²) in [5, 5.41) is 12.7. The van der Waals surface area contributed by atoms with Crippen molar-refractivity contribution in [2.45, 2.75) is 12.8 Å². The third-order valence-electron chi connectivity index (χ3n) is 1.75. The van der Waals surface area contributed by atoms with Gasteiger partial charge in [0.15, 0.2) is 0 Å². The van der Waals surface area contributed by atoms with Crippen molar-refractivity contribution in [3.05, 3.63) is 11.6 Å². The number of nitrogens with zero attached hydrogens (tertiary/aromatic N) is 3. The Kier molecular flexibility index (Phi) is 2.62. The molecule has 0 bridgehead atoms. The second-order valence-electron chi connectivity index (χ2n) is 2.77. The molecule has 0 saturated heterocycles. The summed E-state index contributed by atoms with van der Waals surface area (Å²) in [6.07, 6.45) is 0. The molecule has 3 N–H and O–H groups in total. The number of carboxylic acids is 1. The van der Waals surface area contributed by atoms with Gasteiger partial charge in [0.05, 0.1) is 0 Å². The minimum Gasteiger partial charge on any atom is -0.481 e. The molecular formula is C7H12N4O2. The predicted molar refractivity (Wildman–Crippen MR) is 45.2 cm³/mol. The van der Waals surface area contributed by atoms with Gasteiger partial charge in [-0.25, -0.2) is 4.98 Å². The lowest BCUT2D eigenvalue weighted by Gasteiger charge is -2.07. The van der Waals surface area contributed by atoms with Gasteiger partial charge in [-0.1, -0.05) is 0 Å². The van der Waals surface area contributed by atoms with E-state index in [1.807, 2.05) is 0 Å². The van der Waals surface area contributed by atoms with Gasteiger partial charge in [0.1, 0.15) is 17.6 Å². The van der Waals surface area contributed by atoms with Gasteiger partial charge in [0, 0.05) is 13.6 Å². The van der Waals surface area contributed by atoms with E-state index >= 15 is 0 Å². The van der Waals surface area contributed by atoms with Gasteiger partial charge in [-0.2, -0.15) is 5.10 Å². The quantitative estimate of drug-likeness (QED) is 0.644. The zero-order chi connectivity index (χ0) is 10.0. The molecule has 1 aromatic heterocycles. The molecule has 1 unspecified atom stereocenters. The first kappa shape index (κ1) is 9.66. The zero-order valence-corrected chi connectivity index (χ0v) is 7.56. The number of carbonyl (C=O) groups is 1. The molecule has 0 aromatic carbocycles. The maximum absolute atomic E-state index is 10.7. The van der Waals surface area contributed by atoms with Crippen LogP contribution >= 0.6 is 0 Å². The number of nitrogens with two attached hydrogens (primary N) is 1. The normalized spacial score (nSPS) is 12.8. The third-order valence-corrected chi connectivity index (χ3v) is 1.75. The van der Waals surface area contributed by atoms with Crippen LogP contribution in [0.5, 0.6) is 0 Å². The fraction of sp³-hybridized carbons (Fsp3) is 0.571. The lowest BCUT2D eigenvalue weighted by Crippen LogP contribution is -2.24. The van der Waals surface area contributed by atoms with Crippen molar-refractivity contribution in [3.8, 4) is 0 Å². The Morgan fingerprint density at radius 3 is 2.69 bits per heavy atom. The Morgan fingerprint density at radius 1 is 1.77 bits per heavy atom. The Balaban J connectivity index is 3.04. The smallest absolute Gasteiger partial charge is 0.315 e. The molecular weight excluding hydrogens is 172 g/mol. The summed E-state index contributed by atoms with van der Waals surface area (Å²) in [6.45, 7) is 1.74. The van der Waals surface area contributed by atoms with Crippen LogP contribution in [0.3, 0.4) is 0 Å². The van der Waals surface area contributed by atoms with Gasteiger partial charge in [0.2, 0.25) is 0 Å². The van der Waals surface area contributed by atoms with Crippen molar-refractivity contribution in [3.63, 3.8) is 0 Å². The van der Waals surface area contributed by atoms with Gasteiger partial charge < -0.3 is 10.8 Å². The predicted octanol–water partition coefficient (Wildman–Crippen LogP) is -0.750. The molecule has 1 rings (SSSR count). The lowest BCUT2D eigenvalue weighted by molar-refractivity contribution is -0.138. The van der Waals surface area contributed by atoms with Crippen molar-refractivity contribution in [2.24, 2.45) is 12.8 Å². The van der Waals surface area contributed by atoms with Crippen molar-refractivity contribution < 1.29 is 9.90 Å². The highest BCUT2D eigenvalue weighted by Crippen LogP contribution is 2.11. The molecule has 1 aromatic rings. The monoisotopic (exact) mass is 184 g/mol. The molecule has 0 aliphatic rings. The Morgan fingerprint density at radius 2 is 2.38 bits per heavy atom. The largest absolute Gasteiger partial charge is 0.481 e. The van der Waals surface area contributed by atoms with Gasteiger partial charge in [-0.3, -0.25) is 9.48 Å². The van der Waals surface area contributed by atoms with E-state index in [0.29, 0.717) is 11.6 Å². The van der Waals surface area contributed by atoms with Crippen LogP contribution in [0.15, 0.2) is 0 Å². The minimum absolute atomic E-state index is 0.0291. The molecule has 0 aliphatic heterocycles. The molecule has 13 heavy (non-hydrogen) atoms. The molecule has 0 saturated carbocycles.